The van der Waals surface area contributed by atoms with Crippen LogP contribution in [-0.2, 0) is 7.05 Å². The van der Waals surface area contributed by atoms with Crippen molar-refractivity contribution in [3.05, 3.63) is 77.6 Å². The van der Waals surface area contributed by atoms with Crippen LogP contribution >= 0.6 is 11.9 Å². The molecule has 1 fully saturated rings. The highest BCUT2D eigenvalue weighted by molar-refractivity contribution is 8.00. The number of aromatic nitrogens is 4. The van der Waals surface area contributed by atoms with Crippen LogP contribution in [0.2, 0.25) is 0 Å². The van der Waals surface area contributed by atoms with Crippen molar-refractivity contribution in [2.24, 2.45) is 7.05 Å². The molecule has 1 unspecified atom stereocenters. The van der Waals surface area contributed by atoms with Gasteiger partial charge in [-0.15, -0.1) is 0 Å². The predicted octanol–water partition coefficient (Wildman–Crippen LogP) is 6.56. The Labute approximate surface area is 217 Å². The fourth-order valence-corrected chi connectivity index (χ4v) is 5.41. The molecule has 4 aromatic rings. The molecular formula is C28H32N6OS. The molecule has 3 heterocycles. The van der Waals surface area contributed by atoms with Crippen LogP contribution in [0.1, 0.15) is 42.0 Å². The second-order valence-electron chi connectivity index (χ2n) is 9.40. The third kappa shape index (κ3) is 5.55. The monoisotopic (exact) mass is 500 g/mol. The molecular weight excluding hydrogens is 468 g/mol. The van der Waals surface area contributed by atoms with Gasteiger partial charge < -0.3 is 4.74 Å². The van der Waals surface area contributed by atoms with Crippen LogP contribution in [0.3, 0.4) is 0 Å². The lowest BCUT2D eigenvalue weighted by Gasteiger charge is -2.32. The highest BCUT2D eigenvalue weighted by Gasteiger charge is 2.20. The zero-order chi connectivity index (χ0) is 25.1. The quantitative estimate of drug-likeness (QED) is 0.288. The van der Waals surface area contributed by atoms with Crippen molar-refractivity contribution in [3.63, 3.8) is 0 Å². The Morgan fingerprint density at radius 1 is 1.00 bits per heavy atom. The maximum atomic E-state index is 6.26. The van der Waals surface area contributed by atoms with Crippen LogP contribution in [0.15, 0.2) is 65.8 Å². The number of ether oxygens (including phenoxy) is 1. The van der Waals surface area contributed by atoms with Crippen molar-refractivity contribution in [2.75, 3.05) is 18.3 Å². The van der Waals surface area contributed by atoms with E-state index in [9.17, 15) is 0 Å². The first kappa shape index (κ1) is 24.3. The van der Waals surface area contributed by atoms with Crippen LogP contribution < -0.4 is 9.46 Å². The maximum Gasteiger partial charge on any atom is 0.237 e. The normalized spacial score (nSPS) is 16.2. The van der Waals surface area contributed by atoms with E-state index in [1.54, 1.807) is 10.9 Å². The van der Waals surface area contributed by atoms with Gasteiger partial charge in [0.15, 0.2) is 0 Å². The van der Waals surface area contributed by atoms with Crippen LogP contribution in [0.25, 0.3) is 11.3 Å². The molecule has 1 aliphatic rings. The van der Waals surface area contributed by atoms with E-state index < -0.39 is 0 Å². The zero-order valence-corrected chi connectivity index (χ0v) is 22.0. The molecule has 8 heteroatoms. The molecule has 1 saturated heterocycles. The van der Waals surface area contributed by atoms with Gasteiger partial charge in [-0.3, -0.25) is 14.3 Å². The lowest BCUT2D eigenvalue weighted by molar-refractivity contribution is 0.187. The largest absolute Gasteiger partial charge is 0.439 e. The van der Waals surface area contributed by atoms with E-state index in [-0.39, 0.29) is 0 Å². The summed E-state index contributed by atoms with van der Waals surface area (Å²) in [6.45, 7) is 5.35. The van der Waals surface area contributed by atoms with Crippen molar-refractivity contribution in [1.82, 2.24) is 24.6 Å². The molecule has 5 rings (SSSR count). The van der Waals surface area contributed by atoms with Gasteiger partial charge in [-0.1, -0.05) is 36.8 Å². The van der Waals surface area contributed by atoms with Crippen LogP contribution in [0.5, 0.6) is 11.6 Å². The van der Waals surface area contributed by atoms with Gasteiger partial charge in [0, 0.05) is 30.9 Å². The Kier molecular flexibility index (Phi) is 7.25. The van der Waals surface area contributed by atoms with Crippen LogP contribution in [0.4, 0.5) is 5.95 Å². The number of nitrogens with zero attached hydrogens (tertiary/aromatic N) is 5. The fraction of sp³-hybridized carbons (Fsp3) is 0.321. The minimum absolute atomic E-state index is 0.475. The third-order valence-corrected chi connectivity index (χ3v) is 7.37. The Bertz CT molecular complexity index is 1320. The molecule has 0 bridgehead atoms. The van der Waals surface area contributed by atoms with Crippen molar-refractivity contribution in [3.8, 4) is 22.9 Å². The standard InChI is InChI=1S/C28H32N6OS/c1-19-8-7-9-20(2)27(19)24-16-26(31-28(30-24)32-36-23-17-29-34(4)18-23)35-22-13-11-21(12-14-22)25-10-5-6-15-33(25)3/h7-9,11-14,16-18,25H,5-6,10,15H2,1-4H3,(H,30,31,32). The second-order valence-corrected chi connectivity index (χ2v) is 10.3. The van der Waals surface area contributed by atoms with E-state index in [1.807, 2.05) is 31.4 Å². The zero-order valence-electron chi connectivity index (χ0n) is 21.2. The van der Waals surface area contributed by atoms with E-state index >= 15 is 0 Å². The molecule has 0 radical (unpaired) electrons. The Morgan fingerprint density at radius 3 is 2.47 bits per heavy atom. The first-order valence-corrected chi connectivity index (χ1v) is 13.1. The number of rotatable bonds is 7. The van der Waals surface area contributed by atoms with Crippen molar-refractivity contribution in [1.29, 1.82) is 0 Å². The molecule has 2 aromatic heterocycles. The van der Waals surface area contributed by atoms with Gasteiger partial charge in [-0.05, 0) is 81.1 Å². The summed E-state index contributed by atoms with van der Waals surface area (Å²) in [5.41, 5.74) is 5.57. The van der Waals surface area contributed by atoms with E-state index in [0.29, 0.717) is 17.9 Å². The van der Waals surface area contributed by atoms with E-state index in [1.165, 1.54) is 36.8 Å². The van der Waals surface area contributed by atoms with Crippen molar-refractivity contribution in [2.45, 2.75) is 44.0 Å². The molecule has 186 valence electrons. The van der Waals surface area contributed by atoms with Crippen molar-refractivity contribution >= 4 is 17.9 Å². The van der Waals surface area contributed by atoms with Gasteiger partial charge in [0.25, 0.3) is 0 Å². The predicted molar refractivity (Wildman–Crippen MR) is 145 cm³/mol. The van der Waals surface area contributed by atoms with Gasteiger partial charge in [-0.25, -0.2) is 4.98 Å². The molecule has 0 saturated carbocycles. The first-order chi connectivity index (χ1) is 17.5. The number of piperidine rings is 1. The van der Waals surface area contributed by atoms with E-state index in [0.717, 1.165) is 39.6 Å². The van der Waals surface area contributed by atoms with Crippen LogP contribution in [-0.4, -0.2) is 38.2 Å². The Hall–Kier alpha value is -3.36. The fourth-order valence-electron chi connectivity index (χ4n) is 4.80. The summed E-state index contributed by atoms with van der Waals surface area (Å²) >= 11 is 1.42. The average molecular weight is 501 g/mol. The first-order valence-electron chi connectivity index (χ1n) is 12.3. The summed E-state index contributed by atoms with van der Waals surface area (Å²) in [4.78, 5) is 12.9. The number of likely N-dealkylation sites (tertiary alicyclic amines) is 1. The molecule has 36 heavy (non-hydrogen) atoms. The lowest BCUT2D eigenvalue weighted by Crippen LogP contribution is -2.29. The molecule has 7 nitrogen and oxygen atoms in total. The maximum absolute atomic E-state index is 6.26. The van der Waals surface area contributed by atoms with E-state index in [4.69, 9.17) is 9.72 Å². The number of nitrogens with one attached hydrogen (secondary N) is 1. The second kappa shape index (κ2) is 10.7. The molecule has 1 aliphatic heterocycles. The summed E-state index contributed by atoms with van der Waals surface area (Å²) in [7, 11) is 4.11. The summed E-state index contributed by atoms with van der Waals surface area (Å²) < 4.78 is 11.3. The minimum atomic E-state index is 0.475. The van der Waals surface area contributed by atoms with Gasteiger partial charge in [0.2, 0.25) is 11.8 Å². The number of hydrogen-bond acceptors (Lipinski definition) is 7. The van der Waals surface area contributed by atoms with Crippen molar-refractivity contribution < 1.29 is 4.74 Å². The molecule has 0 amide bonds. The van der Waals surface area contributed by atoms with Gasteiger partial charge in [0.05, 0.1) is 16.8 Å². The highest BCUT2D eigenvalue weighted by atomic mass is 32.2. The third-order valence-electron chi connectivity index (χ3n) is 6.64. The van der Waals surface area contributed by atoms with Crippen LogP contribution in [0, 0.1) is 13.8 Å². The highest BCUT2D eigenvalue weighted by Crippen LogP contribution is 2.33. The topological polar surface area (TPSA) is 68.1 Å². The summed E-state index contributed by atoms with van der Waals surface area (Å²) in [5.74, 6) is 1.74. The Morgan fingerprint density at radius 2 is 1.78 bits per heavy atom. The molecule has 0 aliphatic carbocycles. The lowest BCUT2D eigenvalue weighted by atomic mass is 9.96. The Balaban J connectivity index is 1.42. The molecule has 2 aromatic carbocycles. The van der Waals surface area contributed by atoms with Gasteiger partial charge in [-0.2, -0.15) is 10.1 Å². The number of benzene rings is 2. The molecule has 0 spiro atoms. The van der Waals surface area contributed by atoms with Gasteiger partial charge >= 0.3 is 0 Å². The van der Waals surface area contributed by atoms with Gasteiger partial charge in [0.1, 0.15) is 5.75 Å². The molecule has 1 N–H and O–H groups in total. The number of aryl methyl sites for hydroxylation is 3. The average Bonchev–Trinajstić information content (AvgIpc) is 3.29. The minimum Gasteiger partial charge on any atom is -0.439 e. The number of hydrogen-bond donors (Lipinski definition) is 1. The SMILES string of the molecule is Cc1cccc(C)c1-c1cc(Oc2ccc(C3CCCCN3C)cc2)nc(NSc2cnn(C)c2)n1. The summed E-state index contributed by atoms with van der Waals surface area (Å²) in [5, 5.41) is 4.22. The summed E-state index contributed by atoms with van der Waals surface area (Å²) in [6.07, 6.45) is 7.50. The summed E-state index contributed by atoms with van der Waals surface area (Å²) in [6, 6.07) is 17.1. The number of anilines is 1. The smallest absolute Gasteiger partial charge is 0.237 e. The van der Waals surface area contributed by atoms with E-state index in [2.05, 4.69) is 70.9 Å². The molecule has 1 atom stereocenters.